The summed E-state index contributed by atoms with van der Waals surface area (Å²) >= 11 is 0. The summed E-state index contributed by atoms with van der Waals surface area (Å²) in [5, 5.41) is 2.78. The van der Waals surface area contributed by atoms with Crippen LogP contribution in [0, 0.1) is 0 Å². The summed E-state index contributed by atoms with van der Waals surface area (Å²) in [6.07, 6.45) is -1.26. The molecule has 1 aromatic carbocycles. The first-order valence-electron chi connectivity index (χ1n) is 7.75. The number of pyridine rings is 2. The van der Waals surface area contributed by atoms with E-state index in [1.54, 1.807) is 48.8 Å². The maximum absolute atomic E-state index is 12.7. The monoisotopic (exact) mass is 357 g/mol. The zero-order valence-corrected chi connectivity index (χ0v) is 13.4. The molecule has 2 aromatic heterocycles. The molecule has 0 radical (unpaired) electrons. The van der Waals surface area contributed by atoms with Crippen molar-refractivity contribution >= 4 is 5.91 Å². The molecule has 7 heteroatoms. The lowest BCUT2D eigenvalue weighted by atomic mass is 10.1. The van der Waals surface area contributed by atoms with Gasteiger partial charge in [0, 0.05) is 18.0 Å². The summed E-state index contributed by atoms with van der Waals surface area (Å²) in [5.41, 5.74) is 0.466. The highest BCUT2D eigenvalue weighted by Gasteiger charge is 2.30. The van der Waals surface area contributed by atoms with E-state index < -0.39 is 23.7 Å². The minimum atomic E-state index is -4.44. The number of benzene rings is 1. The van der Waals surface area contributed by atoms with Crippen molar-refractivity contribution in [3.05, 3.63) is 95.6 Å². The van der Waals surface area contributed by atoms with Crippen molar-refractivity contribution in [2.45, 2.75) is 12.2 Å². The van der Waals surface area contributed by atoms with Crippen LogP contribution in [0.5, 0.6) is 0 Å². The Morgan fingerprint density at radius 2 is 1.38 bits per heavy atom. The van der Waals surface area contributed by atoms with E-state index in [-0.39, 0.29) is 5.56 Å². The van der Waals surface area contributed by atoms with Crippen molar-refractivity contribution in [1.82, 2.24) is 15.3 Å². The van der Waals surface area contributed by atoms with E-state index in [1.165, 1.54) is 0 Å². The smallest absolute Gasteiger partial charge is 0.338 e. The molecular formula is C19H14F3N3O. The molecule has 1 N–H and O–H groups in total. The zero-order chi connectivity index (χ0) is 18.6. The summed E-state index contributed by atoms with van der Waals surface area (Å²) < 4.78 is 38.0. The van der Waals surface area contributed by atoms with Gasteiger partial charge >= 0.3 is 6.18 Å². The van der Waals surface area contributed by atoms with Gasteiger partial charge in [-0.25, -0.2) is 0 Å². The van der Waals surface area contributed by atoms with Gasteiger partial charge in [0.25, 0.3) is 5.91 Å². The van der Waals surface area contributed by atoms with Gasteiger partial charge in [-0.2, -0.15) is 13.2 Å². The lowest BCUT2D eigenvalue weighted by Gasteiger charge is -2.18. The molecule has 0 saturated carbocycles. The van der Waals surface area contributed by atoms with E-state index >= 15 is 0 Å². The molecule has 0 unspecified atom stereocenters. The maximum Gasteiger partial charge on any atom is 0.416 e. The van der Waals surface area contributed by atoms with Crippen LogP contribution in [0.15, 0.2) is 73.1 Å². The third-order valence-corrected chi connectivity index (χ3v) is 3.72. The van der Waals surface area contributed by atoms with Gasteiger partial charge < -0.3 is 5.32 Å². The van der Waals surface area contributed by atoms with Crippen LogP contribution in [-0.4, -0.2) is 15.9 Å². The van der Waals surface area contributed by atoms with Crippen molar-refractivity contribution in [2.75, 3.05) is 0 Å². The van der Waals surface area contributed by atoms with Gasteiger partial charge in [0.15, 0.2) is 0 Å². The highest BCUT2D eigenvalue weighted by molar-refractivity contribution is 5.94. The average molecular weight is 357 g/mol. The summed E-state index contributed by atoms with van der Waals surface area (Å²) in [5.74, 6) is -0.514. The van der Waals surface area contributed by atoms with Crippen LogP contribution < -0.4 is 5.32 Å². The molecule has 3 aromatic rings. The predicted molar refractivity (Wildman–Crippen MR) is 89.2 cm³/mol. The number of hydrogen-bond donors (Lipinski definition) is 1. The maximum atomic E-state index is 12.7. The molecule has 132 valence electrons. The van der Waals surface area contributed by atoms with Gasteiger partial charge in [-0.05, 0) is 48.5 Å². The first-order chi connectivity index (χ1) is 12.4. The predicted octanol–water partition coefficient (Wildman–Crippen LogP) is 4.01. The quantitative estimate of drug-likeness (QED) is 0.767. The summed E-state index contributed by atoms with van der Waals surface area (Å²) in [6.45, 7) is 0. The van der Waals surface area contributed by atoms with E-state index in [1.807, 2.05) is 0 Å². The van der Waals surface area contributed by atoms with Gasteiger partial charge in [0.05, 0.1) is 17.0 Å². The first kappa shape index (κ1) is 17.6. The molecule has 0 spiro atoms. The topological polar surface area (TPSA) is 54.9 Å². The van der Waals surface area contributed by atoms with Crippen LogP contribution in [0.4, 0.5) is 13.2 Å². The molecular weight excluding hydrogens is 343 g/mol. The molecule has 26 heavy (non-hydrogen) atoms. The second-order valence-electron chi connectivity index (χ2n) is 5.49. The number of hydrogen-bond acceptors (Lipinski definition) is 3. The molecule has 0 bridgehead atoms. The molecule has 0 aliphatic carbocycles. The number of halogens is 3. The third-order valence-electron chi connectivity index (χ3n) is 3.72. The van der Waals surface area contributed by atoms with Crippen molar-refractivity contribution in [2.24, 2.45) is 0 Å². The SMILES string of the molecule is O=C(NC(c1ccccn1)c1ccccn1)c1ccc(C(F)(F)F)cc1. The van der Waals surface area contributed by atoms with E-state index in [2.05, 4.69) is 15.3 Å². The first-order valence-corrected chi connectivity index (χ1v) is 7.75. The Labute approximate surface area is 147 Å². The minimum absolute atomic E-state index is 0.120. The summed E-state index contributed by atoms with van der Waals surface area (Å²) in [4.78, 5) is 21.0. The number of nitrogens with zero attached hydrogens (tertiary/aromatic N) is 2. The second-order valence-corrected chi connectivity index (χ2v) is 5.49. The van der Waals surface area contributed by atoms with Crippen LogP contribution in [0.25, 0.3) is 0 Å². The zero-order valence-electron chi connectivity index (χ0n) is 13.4. The number of nitrogens with one attached hydrogen (secondary N) is 1. The molecule has 1 amide bonds. The average Bonchev–Trinajstić information content (AvgIpc) is 2.67. The number of rotatable bonds is 4. The molecule has 0 aliphatic rings. The number of amides is 1. The molecule has 0 aliphatic heterocycles. The fraction of sp³-hybridized carbons (Fsp3) is 0.105. The number of alkyl halides is 3. The lowest BCUT2D eigenvalue weighted by Crippen LogP contribution is -2.30. The highest BCUT2D eigenvalue weighted by Crippen LogP contribution is 2.29. The van der Waals surface area contributed by atoms with Crippen LogP contribution in [0.2, 0.25) is 0 Å². The van der Waals surface area contributed by atoms with E-state index in [0.29, 0.717) is 11.4 Å². The minimum Gasteiger partial charge on any atom is -0.338 e. The number of carbonyl (C=O) groups is 1. The van der Waals surface area contributed by atoms with Crippen molar-refractivity contribution in [3.8, 4) is 0 Å². The third kappa shape index (κ3) is 4.05. The molecule has 0 atom stereocenters. The van der Waals surface area contributed by atoms with Crippen LogP contribution in [0.3, 0.4) is 0 Å². The summed E-state index contributed by atoms with van der Waals surface area (Å²) in [7, 11) is 0. The van der Waals surface area contributed by atoms with Crippen molar-refractivity contribution < 1.29 is 18.0 Å². The molecule has 3 rings (SSSR count). The van der Waals surface area contributed by atoms with E-state index in [0.717, 1.165) is 24.3 Å². The number of carbonyl (C=O) groups excluding carboxylic acids is 1. The molecule has 0 fully saturated rings. The van der Waals surface area contributed by atoms with E-state index in [9.17, 15) is 18.0 Å². The Balaban J connectivity index is 1.86. The number of aromatic nitrogens is 2. The fourth-order valence-corrected chi connectivity index (χ4v) is 2.42. The Bertz CT molecular complexity index is 827. The summed E-state index contributed by atoms with van der Waals surface area (Å²) in [6, 6.07) is 14.0. The molecule has 2 heterocycles. The van der Waals surface area contributed by atoms with Crippen LogP contribution in [0.1, 0.15) is 33.4 Å². The van der Waals surface area contributed by atoms with Gasteiger partial charge in [0.2, 0.25) is 0 Å². The van der Waals surface area contributed by atoms with Gasteiger partial charge in [-0.15, -0.1) is 0 Å². The Kier molecular flexibility index (Phi) is 4.97. The van der Waals surface area contributed by atoms with Gasteiger partial charge in [-0.1, -0.05) is 12.1 Å². The second kappa shape index (κ2) is 7.35. The Morgan fingerprint density at radius 1 is 0.846 bits per heavy atom. The Morgan fingerprint density at radius 3 is 1.81 bits per heavy atom. The Hall–Kier alpha value is -3.22. The van der Waals surface area contributed by atoms with Crippen LogP contribution >= 0.6 is 0 Å². The normalized spacial score (nSPS) is 11.4. The lowest BCUT2D eigenvalue weighted by molar-refractivity contribution is -0.137. The van der Waals surface area contributed by atoms with Crippen molar-refractivity contribution in [3.63, 3.8) is 0 Å². The van der Waals surface area contributed by atoms with Crippen LogP contribution in [-0.2, 0) is 6.18 Å². The fourth-order valence-electron chi connectivity index (χ4n) is 2.42. The van der Waals surface area contributed by atoms with E-state index in [4.69, 9.17) is 0 Å². The van der Waals surface area contributed by atoms with Crippen molar-refractivity contribution in [1.29, 1.82) is 0 Å². The van der Waals surface area contributed by atoms with Gasteiger partial charge in [0.1, 0.15) is 6.04 Å². The largest absolute Gasteiger partial charge is 0.416 e. The molecule has 4 nitrogen and oxygen atoms in total. The standard InChI is InChI=1S/C19H14F3N3O/c20-19(21,22)14-9-7-13(8-10-14)18(26)25-17(15-5-1-3-11-23-15)16-6-2-4-12-24-16/h1-12,17H,(H,25,26). The highest BCUT2D eigenvalue weighted by atomic mass is 19.4. The molecule has 0 saturated heterocycles. The van der Waals surface area contributed by atoms with Gasteiger partial charge in [-0.3, -0.25) is 14.8 Å².